The third-order valence-electron chi connectivity index (χ3n) is 7.63. The SMILES string of the molecule is C[C@@]12CNC[C@]1(C)CN(Cc1ccc3c(c1)C(=O)N(C1CCC(=O)NC1=O)C3)C2. The second-order valence-electron chi connectivity index (χ2n) is 9.76. The standard InChI is InChI=1S/C22H28N4O3/c1-21-10-23-11-22(21,2)13-25(12-21)8-14-3-4-15-9-26(20(29)16(15)7-14)17-5-6-18(27)24-19(17)28/h3-4,7,17,23H,5-6,8-13H2,1-2H3,(H,24,27,28)/t17?,21-,22+. The van der Waals surface area contributed by atoms with E-state index >= 15 is 0 Å². The van der Waals surface area contributed by atoms with E-state index in [0.29, 0.717) is 29.4 Å². The average molecular weight is 396 g/mol. The van der Waals surface area contributed by atoms with Gasteiger partial charge in [0.25, 0.3) is 5.91 Å². The number of nitrogens with one attached hydrogen (secondary N) is 2. The molecular weight excluding hydrogens is 368 g/mol. The van der Waals surface area contributed by atoms with Crippen molar-refractivity contribution < 1.29 is 14.4 Å². The highest BCUT2D eigenvalue weighted by Gasteiger charge is 2.54. The molecule has 1 unspecified atom stereocenters. The number of carbonyl (C=O) groups is 3. The molecule has 0 aliphatic carbocycles. The molecule has 154 valence electrons. The van der Waals surface area contributed by atoms with E-state index in [2.05, 4.69) is 35.4 Å². The Kier molecular flexibility index (Phi) is 4.12. The van der Waals surface area contributed by atoms with Gasteiger partial charge < -0.3 is 10.2 Å². The molecule has 3 fully saturated rings. The fourth-order valence-corrected chi connectivity index (χ4v) is 5.65. The number of hydrogen-bond donors (Lipinski definition) is 2. The lowest BCUT2D eigenvalue weighted by Gasteiger charge is -2.31. The molecule has 0 spiro atoms. The Hall–Kier alpha value is -2.25. The number of carbonyl (C=O) groups excluding carboxylic acids is 3. The van der Waals surface area contributed by atoms with E-state index in [1.54, 1.807) is 4.90 Å². The van der Waals surface area contributed by atoms with Crippen LogP contribution in [0.5, 0.6) is 0 Å². The third kappa shape index (κ3) is 2.90. The van der Waals surface area contributed by atoms with E-state index in [-0.39, 0.29) is 24.1 Å². The molecule has 3 amide bonds. The number of rotatable bonds is 3. The van der Waals surface area contributed by atoms with Crippen molar-refractivity contribution in [3.05, 3.63) is 34.9 Å². The van der Waals surface area contributed by atoms with Crippen LogP contribution in [0.25, 0.3) is 0 Å². The topological polar surface area (TPSA) is 81.8 Å². The van der Waals surface area contributed by atoms with Gasteiger partial charge in [0.15, 0.2) is 0 Å². The van der Waals surface area contributed by atoms with Gasteiger partial charge in [0, 0.05) is 62.1 Å². The van der Waals surface area contributed by atoms with Gasteiger partial charge in [-0.1, -0.05) is 26.0 Å². The number of benzene rings is 1. The van der Waals surface area contributed by atoms with Gasteiger partial charge in [-0.2, -0.15) is 0 Å². The Labute approximate surface area is 170 Å². The number of fused-ring (bicyclic) bond motifs is 2. The summed E-state index contributed by atoms with van der Waals surface area (Å²) in [7, 11) is 0. The number of hydrogen-bond acceptors (Lipinski definition) is 5. The molecule has 29 heavy (non-hydrogen) atoms. The Morgan fingerprint density at radius 1 is 1.10 bits per heavy atom. The van der Waals surface area contributed by atoms with Crippen LogP contribution in [0, 0.1) is 10.8 Å². The molecule has 3 atom stereocenters. The lowest BCUT2D eigenvalue weighted by atomic mass is 9.71. The van der Waals surface area contributed by atoms with Crippen molar-refractivity contribution in [2.75, 3.05) is 26.2 Å². The summed E-state index contributed by atoms with van der Waals surface area (Å²) >= 11 is 0. The normalized spacial score (nSPS) is 34.5. The summed E-state index contributed by atoms with van der Waals surface area (Å²) in [6.07, 6.45) is 0.680. The highest BCUT2D eigenvalue weighted by atomic mass is 16.2. The van der Waals surface area contributed by atoms with Crippen molar-refractivity contribution >= 4 is 17.7 Å². The van der Waals surface area contributed by atoms with Crippen molar-refractivity contribution in [3.63, 3.8) is 0 Å². The van der Waals surface area contributed by atoms with Gasteiger partial charge in [-0.15, -0.1) is 0 Å². The predicted molar refractivity (Wildman–Crippen MR) is 107 cm³/mol. The molecule has 4 heterocycles. The monoisotopic (exact) mass is 396 g/mol. The minimum Gasteiger partial charge on any atom is -0.322 e. The maximum absolute atomic E-state index is 13.0. The molecule has 4 aliphatic heterocycles. The summed E-state index contributed by atoms with van der Waals surface area (Å²) in [6, 6.07) is 5.58. The first-order chi connectivity index (χ1) is 13.8. The van der Waals surface area contributed by atoms with E-state index < -0.39 is 6.04 Å². The molecular formula is C22H28N4O3. The van der Waals surface area contributed by atoms with Crippen LogP contribution in [0.2, 0.25) is 0 Å². The number of piperidine rings is 1. The Morgan fingerprint density at radius 2 is 1.83 bits per heavy atom. The second kappa shape index (κ2) is 6.37. The molecule has 0 saturated carbocycles. The van der Waals surface area contributed by atoms with Crippen molar-refractivity contribution in [1.82, 2.24) is 20.4 Å². The first kappa shape index (κ1) is 18.8. The average Bonchev–Trinajstić information content (AvgIpc) is 3.20. The van der Waals surface area contributed by atoms with E-state index in [1.807, 2.05) is 12.1 Å². The second-order valence-corrected chi connectivity index (χ2v) is 9.76. The predicted octanol–water partition coefficient (Wildman–Crippen LogP) is 0.879. The van der Waals surface area contributed by atoms with Crippen molar-refractivity contribution in [2.24, 2.45) is 10.8 Å². The van der Waals surface area contributed by atoms with Crippen LogP contribution in [0.4, 0.5) is 0 Å². The minimum atomic E-state index is -0.554. The first-order valence-electron chi connectivity index (χ1n) is 10.5. The van der Waals surface area contributed by atoms with Crippen LogP contribution in [-0.2, 0) is 22.7 Å². The molecule has 7 heteroatoms. The first-order valence-corrected chi connectivity index (χ1v) is 10.5. The molecule has 7 nitrogen and oxygen atoms in total. The summed E-state index contributed by atoms with van der Waals surface area (Å²) < 4.78 is 0. The van der Waals surface area contributed by atoms with Crippen molar-refractivity contribution in [2.45, 2.75) is 45.8 Å². The molecule has 5 rings (SSSR count). The van der Waals surface area contributed by atoms with Crippen molar-refractivity contribution in [1.29, 1.82) is 0 Å². The molecule has 0 radical (unpaired) electrons. The lowest BCUT2D eigenvalue weighted by molar-refractivity contribution is -0.136. The molecule has 1 aromatic carbocycles. The fraction of sp³-hybridized carbons (Fsp3) is 0.591. The van der Waals surface area contributed by atoms with E-state index in [0.717, 1.165) is 43.9 Å². The number of nitrogens with zero attached hydrogens (tertiary/aromatic N) is 2. The van der Waals surface area contributed by atoms with Crippen LogP contribution in [0.3, 0.4) is 0 Å². The number of likely N-dealkylation sites (tertiary alicyclic amines) is 1. The third-order valence-corrected chi connectivity index (χ3v) is 7.63. The lowest BCUT2D eigenvalue weighted by Crippen LogP contribution is -2.52. The van der Waals surface area contributed by atoms with Gasteiger partial charge in [-0.25, -0.2) is 0 Å². The summed E-state index contributed by atoms with van der Waals surface area (Å²) in [6.45, 7) is 10.3. The van der Waals surface area contributed by atoms with Crippen molar-refractivity contribution in [3.8, 4) is 0 Å². The van der Waals surface area contributed by atoms with Crippen LogP contribution in [0.15, 0.2) is 18.2 Å². The Bertz CT molecular complexity index is 897. The number of amides is 3. The number of imide groups is 1. The van der Waals surface area contributed by atoms with Gasteiger partial charge in [-0.05, 0) is 23.6 Å². The summed E-state index contributed by atoms with van der Waals surface area (Å²) in [4.78, 5) is 40.7. The summed E-state index contributed by atoms with van der Waals surface area (Å²) in [5.74, 6) is -0.718. The molecule has 4 aliphatic rings. The van der Waals surface area contributed by atoms with Gasteiger partial charge in [0.05, 0.1) is 0 Å². The molecule has 0 aromatic heterocycles. The van der Waals surface area contributed by atoms with Gasteiger partial charge >= 0.3 is 0 Å². The Balaban J connectivity index is 1.31. The smallest absolute Gasteiger partial charge is 0.255 e. The Morgan fingerprint density at radius 3 is 2.52 bits per heavy atom. The fourth-order valence-electron chi connectivity index (χ4n) is 5.65. The molecule has 0 bridgehead atoms. The minimum absolute atomic E-state index is 0.0993. The van der Waals surface area contributed by atoms with Crippen LogP contribution in [0.1, 0.15) is 48.2 Å². The quantitative estimate of drug-likeness (QED) is 0.742. The maximum Gasteiger partial charge on any atom is 0.255 e. The van der Waals surface area contributed by atoms with Crippen LogP contribution >= 0.6 is 0 Å². The zero-order valence-corrected chi connectivity index (χ0v) is 17.1. The zero-order valence-electron chi connectivity index (χ0n) is 17.1. The van der Waals surface area contributed by atoms with Gasteiger partial charge in [0.2, 0.25) is 11.8 Å². The summed E-state index contributed by atoms with van der Waals surface area (Å²) in [5.41, 5.74) is 3.39. The summed E-state index contributed by atoms with van der Waals surface area (Å²) in [5, 5.41) is 5.90. The highest BCUT2D eigenvalue weighted by Crippen LogP contribution is 2.48. The highest BCUT2D eigenvalue weighted by molar-refractivity contribution is 6.05. The van der Waals surface area contributed by atoms with E-state index in [1.165, 1.54) is 0 Å². The van der Waals surface area contributed by atoms with Gasteiger partial charge in [0.1, 0.15) is 6.04 Å². The van der Waals surface area contributed by atoms with Gasteiger partial charge in [-0.3, -0.25) is 24.6 Å². The molecule has 3 saturated heterocycles. The molecule has 1 aromatic rings. The van der Waals surface area contributed by atoms with Crippen LogP contribution in [-0.4, -0.2) is 59.7 Å². The van der Waals surface area contributed by atoms with E-state index in [4.69, 9.17) is 0 Å². The van der Waals surface area contributed by atoms with E-state index in [9.17, 15) is 14.4 Å². The molecule has 2 N–H and O–H groups in total. The largest absolute Gasteiger partial charge is 0.322 e. The zero-order chi connectivity index (χ0) is 20.4. The van der Waals surface area contributed by atoms with Crippen LogP contribution < -0.4 is 10.6 Å². The maximum atomic E-state index is 13.0.